The summed E-state index contributed by atoms with van der Waals surface area (Å²) >= 11 is 0. The maximum absolute atomic E-state index is 9.69. The van der Waals surface area contributed by atoms with E-state index in [0.29, 0.717) is 0 Å². The van der Waals surface area contributed by atoms with E-state index in [1.165, 1.54) is 19.3 Å². The molecule has 0 radical (unpaired) electrons. The Morgan fingerprint density at radius 2 is 2.00 bits per heavy atom. The molecule has 0 spiro atoms. The summed E-state index contributed by atoms with van der Waals surface area (Å²) in [6.45, 7) is 6.09. The molecule has 0 amide bonds. The minimum absolute atomic E-state index is 0.134. The molecule has 3 heterocycles. The van der Waals surface area contributed by atoms with Gasteiger partial charge in [-0.3, -0.25) is 0 Å². The molecule has 0 aromatic carbocycles. The van der Waals surface area contributed by atoms with E-state index < -0.39 is 0 Å². The van der Waals surface area contributed by atoms with Crippen LogP contribution in [0.4, 0.5) is 11.6 Å². The molecular weight excluding hydrogens is 290 g/mol. The van der Waals surface area contributed by atoms with E-state index in [1.807, 2.05) is 0 Å². The van der Waals surface area contributed by atoms with Crippen LogP contribution in [0.25, 0.3) is 0 Å². The average molecular weight is 319 g/mol. The van der Waals surface area contributed by atoms with Crippen molar-refractivity contribution in [2.24, 2.45) is 0 Å². The van der Waals surface area contributed by atoms with Crippen LogP contribution in [0, 0.1) is 0 Å². The number of aromatic nitrogens is 2. The maximum Gasteiger partial charge on any atom is 0.134 e. The van der Waals surface area contributed by atoms with E-state index in [-0.39, 0.29) is 6.10 Å². The molecule has 0 bridgehead atoms. The van der Waals surface area contributed by atoms with Crippen molar-refractivity contribution in [2.75, 3.05) is 49.5 Å². The Hall–Kier alpha value is -1.40. The first-order chi connectivity index (χ1) is 11.3. The molecule has 0 saturated carbocycles. The molecule has 0 aliphatic carbocycles. The van der Waals surface area contributed by atoms with Crippen LogP contribution in [0.5, 0.6) is 0 Å². The fourth-order valence-corrected chi connectivity index (χ4v) is 3.49. The second kappa shape index (κ2) is 8.45. The summed E-state index contributed by atoms with van der Waals surface area (Å²) in [5.41, 5.74) is 0. The summed E-state index contributed by atoms with van der Waals surface area (Å²) in [6, 6.07) is 2.07. The van der Waals surface area contributed by atoms with Crippen molar-refractivity contribution in [3.05, 3.63) is 12.4 Å². The Morgan fingerprint density at radius 1 is 1.13 bits per heavy atom. The number of likely N-dealkylation sites (tertiary alicyclic amines) is 1. The van der Waals surface area contributed by atoms with Crippen molar-refractivity contribution in [3.63, 3.8) is 0 Å². The van der Waals surface area contributed by atoms with Crippen LogP contribution in [-0.4, -0.2) is 65.3 Å². The van der Waals surface area contributed by atoms with E-state index in [9.17, 15) is 5.11 Å². The molecule has 2 aliphatic rings. The van der Waals surface area contributed by atoms with Gasteiger partial charge in [0.15, 0.2) is 0 Å². The second-order valence-corrected chi connectivity index (χ2v) is 6.69. The minimum Gasteiger partial charge on any atom is -0.392 e. The lowest BCUT2D eigenvalue weighted by Gasteiger charge is -2.30. The van der Waals surface area contributed by atoms with Crippen LogP contribution in [0.1, 0.15) is 38.5 Å². The van der Waals surface area contributed by atoms with Gasteiger partial charge in [0.1, 0.15) is 18.0 Å². The largest absolute Gasteiger partial charge is 0.392 e. The molecule has 2 N–H and O–H groups in total. The van der Waals surface area contributed by atoms with E-state index in [4.69, 9.17) is 0 Å². The van der Waals surface area contributed by atoms with Gasteiger partial charge in [0.2, 0.25) is 0 Å². The predicted molar refractivity (Wildman–Crippen MR) is 92.9 cm³/mol. The number of nitrogens with zero attached hydrogens (tertiary/aromatic N) is 4. The molecule has 2 saturated heterocycles. The first-order valence-corrected chi connectivity index (χ1v) is 9.02. The van der Waals surface area contributed by atoms with Gasteiger partial charge >= 0.3 is 0 Å². The number of hydrogen-bond donors (Lipinski definition) is 2. The Balaban J connectivity index is 1.41. The molecule has 2 aliphatic heterocycles. The summed E-state index contributed by atoms with van der Waals surface area (Å²) < 4.78 is 0. The van der Waals surface area contributed by atoms with Gasteiger partial charge in [-0.1, -0.05) is 0 Å². The van der Waals surface area contributed by atoms with E-state index in [0.717, 1.165) is 70.2 Å². The van der Waals surface area contributed by atoms with Crippen molar-refractivity contribution in [1.82, 2.24) is 14.9 Å². The molecule has 1 unspecified atom stereocenters. The highest BCUT2D eigenvalue weighted by Crippen LogP contribution is 2.19. The fraction of sp³-hybridized carbons (Fsp3) is 0.765. The number of hydrogen-bond acceptors (Lipinski definition) is 6. The number of rotatable bonds is 6. The molecule has 23 heavy (non-hydrogen) atoms. The Kier molecular flexibility index (Phi) is 6.05. The first-order valence-electron chi connectivity index (χ1n) is 9.02. The molecule has 1 aromatic heterocycles. The summed E-state index contributed by atoms with van der Waals surface area (Å²) in [6.07, 6.45) is 8.50. The first kappa shape index (κ1) is 16.5. The second-order valence-electron chi connectivity index (χ2n) is 6.69. The molecule has 3 rings (SSSR count). The maximum atomic E-state index is 9.69. The van der Waals surface area contributed by atoms with Gasteiger partial charge in [-0.05, 0) is 51.6 Å². The van der Waals surface area contributed by atoms with Crippen molar-refractivity contribution in [2.45, 2.75) is 44.6 Å². The van der Waals surface area contributed by atoms with Crippen LogP contribution >= 0.6 is 0 Å². The van der Waals surface area contributed by atoms with Crippen LogP contribution in [0.3, 0.4) is 0 Å². The number of nitrogens with one attached hydrogen (secondary N) is 1. The number of β-amino-alcohol motifs (C(OH)–C–C–N with tert-alkyl or cyclic N) is 1. The lowest BCUT2D eigenvalue weighted by Crippen LogP contribution is -2.39. The van der Waals surface area contributed by atoms with E-state index in [2.05, 4.69) is 31.2 Å². The Morgan fingerprint density at radius 3 is 2.83 bits per heavy atom. The highest BCUT2D eigenvalue weighted by atomic mass is 16.3. The van der Waals surface area contributed by atoms with Gasteiger partial charge in [-0.2, -0.15) is 0 Å². The van der Waals surface area contributed by atoms with E-state index in [1.54, 1.807) is 6.33 Å². The van der Waals surface area contributed by atoms with Crippen molar-refractivity contribution >= 4 is 11.6 Å². The van der Waals surface area contributed by atoms with Crippen molar-refractivity contribution in [1.29, 1.82) is 0 Å². The molecule has 1 aromatic rings. The highest BCUT2D eigenvalue weighted by molar-refractivity contribution is 5.48. The Bertz CT molecular complexity index is 478. The third-order valence-corrected chi connectivity index (χ3v) is 4.77. The van der Waals surface area contributed by atoms with Crippen LogP contribution in [-0.2, 0) is 0 Å². The third-order valence-electron chi connectivity index (χ3n) is 4.77. The molecular formula is C17H29N5O. The van der Waals surface area contributed by atoms with Crippen LogP contribution < -0.4 is 10.2 Å². The fourth-order valence-electron chi connectivity index (χ4n) is 3.49. The minimum atomic E-state index is -0.134. The third kappa shape index (κ3) is 5.04. The summed E-state index contributed by atoms with van der Waals surface area (Å²) in [7, 11) is 0. The van der Waals surface area contributed by atoms with E-state index >= 15 is 0 Å². The normalized spacial score (nSPS) is 23.0. The monoisotopic (exact) mass is 319 g/mol. The standard InChI is InChI=1S/C17H29N5O/c23-15-6-4-8-21(13-15)9-5-7-18-16-12-17(20-14-19-16)22-10-2-1-3-11-22/h12,14-15,23H,1-11,13H2,(H,18,19,20). The van der Waals surface area contributed by atoms with Gasteiger partial charge in [-0.15, -0.1) is 0 Å². The lowest BCUT2D eigenvalue weighted by atomic mass is 10.1. The Labute approximate surface area is 138 Å². The summed E-state index contributed by atoms with van der Waals surface area (Å²) in [4.78, 5) is 13.4. The quantitative estimate of drug-likeness (QED) is 0.779. The summed E-state index contributed by atoms with van der Waals surface area (Å²) in [5.74, 6) is 1.96. The topological polar surface area (TPSA) is 64.5 Å². The van der Waals surface area contributed by atoms with Gasteiger partial charge in [0.25, 0.3) is 0 Å². The van der Waals surface area contributed by atoms with Gasteiger partial charge in [-0.25, -0.2) is 9.97 Å². The number of anilines is 2. The molecule has 2 fully saturated rings. The SMILES string of the molecule is OC1CCCN(CCCNc2cc(N3CCCCC3)ncn2)C1. The number of aliphatic hydroxyl groups excluding tert-OH is 1. The molecule has 128 valence electrons. The zero-order chi connectivity index (χ0) is 15.9. The number of piperidine rings is 2. The molecule has 6 heteroatoms. The molecule has 1 atom stereocenters. The summed E-state index contributed by atoms with van der Waals surface area (Å²) in [5, 5.41) is 13.1. The van der Waals surface area contributed by atoms with Gasteiger partial charge < -0.3 is 20.2 Å². The smallest absolute Gasteiger partial charge is 0.134 e. The van der Waals surface area contributed by atoms with Crippen LogP contribution in [0.2, 0.25) is 0 Å². The zero-order valence-corrected chi connectivity index (χ0v) is 14.0. The highest BCUT2D eigenvalue weighted by Gasteiger charge is 2.16. The van der Waals surface area contributed by atoms with Gasteiger partial charge in [0.05, 0.1) is 6.10 Å². The van der Waals surface area contributed by atoms with Crippen molar-refractivity contribution in [3.8, 4) is 0 Å². The van der Waals surface area contributed by atoms with Gasteiger partial charge in [0, 0.05) is 32.2 Å². The van der Waals surface area contributed by atoms with Crippen molar-refractivity contribution < 1.29 is 5.11 Å². The molecule has 6 nitrogen and oxygen atoms in total. The zero-order valence-electron chi connectivity index (χ0n) is 14.0. The predicted octanol–water partition coefficient (Wildman–Crippen LogP) is 1.73. The number of aliphatic hydroxyl groups is 1. The lowest BCUT2D eigenvalue weighted by molar-refractivity contribution is 0.0706. The van der Waals surface area contributed by atoms with Crippen LogP contribution in [0.15, 0.2) is 12.4 Å². The average Bonchev–Trinajstić information content (AvgIpc) is 2.60.